The molecule has 0 fully saturated rings. The largest absolute Gasteiger partial charge is 0.496 e. The van der Waals surface area contributed by atoms with E-state index in [0.29, 0.717) is 11.3 Å². The molecule has 0 saturated carbocycles. The van der Waals surface area contributed by atoms with Gasteiger partial charge in [-0.1, -0.05) is 13.5 Å². The number of rotatable bonds is 3. The number of carbonyl (C=O) groups excluding carboxylic acids is 1. The topological polar surface area (TPSA) is 67.9 Å². The summed E-state index contributed by atoms with van der Waals surface area (Å²) in [5.74, 6) is -1.48. The van der Waals surface area contributed by atoms with Gasteiger partial charge in [0.15, 0.2) is 11.5 Å². The third-order valence-electron chi connectivity index (χ3n) is 4.33. The van der Waals surface area contributed by atoms with Crippen LogP contribution in [0.3, 0.4) is 0 Å². The molecule has 0 bridgehead atoms. The minimum Gasteiger partial charge on any atom is -0.496 e. The molecule has 2 N–H and O–H groups in total. The number of carbonyl (C=O) groups is 1. The second kappa shape index (κ2) is 6.74. The lowest BCUT2D eigenvalue weighted by Crippen LogP contribution is -2.41. The van der Waals surface area contributed by atoms with Gasteiger partial charge in [-0.3, -0.25) is 9.69 Å². The van der Waals surface area contributed by atoms with Crippen LogP contribution >= 0.6 is 0 Å². The fourth-order valence-corrected chi connectivity index (χ4v) is 3.05. The van der Waals surface area contributed by atoms with E-state index in [1.807, 2.05) is 0 Å². The maximum atomic E-state index is 13.8. The molecule has 1 amide bonds. The van der Waals surface area contributed by atoms with E-state index in [1.54, 1.807) is 25.1 Å². The maximum Gasteiger partial charge on any atom is 0.266 e. The first-order chi connectivity index (χ1) is 11.8. The molecule has 0 radical (unpaired) electrons. The summed E-state index contributed by atoms with van der Waals surface area (Å²) in [6.45, 7) is 1.80. The molecule has 0 aromatic heterocycles. The highest BCUT2D eigenvalue weighted by atomic mass is 19.1. The van der Waals surface area contributed by atoms with E-state index >= 15 is 0 Å². The molecule has 1 atom stereocenters. The third kappa shape index (κ3) is 2.79. The van der Waals surface area contributed by atoms with Crippen LogP contribution in [0, 0.1) is 18.6 Å². The van der Waals surface area contributed by atoms with Crippen molar-refractivity contribution in [3.8, 4) is 5.75 Å². The molecular weight excluding hydrogens is 340 g/mol. The predicted molar refractivity (Wildman–Crippen MR) is 96.0 cm³/mol. The summed E-state index contributed by atoms with van der Waals surface area (Å²) < 4.78 is 32.9. The van der Waals surface area contributed by atoms with E-state index in [4.69, 9.17) is 10.5 Å². The SMILES string of the molecule is C.COc1ccc(C2(c3cc(F)cc(F)c3)N=C(N)N(C)C2=O)cc1C. The molecule has 1 heterocycles. The quantitative estimate of drug-likeness (QED) is 0.914. The first-order valence-electron chi connectivity index (χ1n) is 7.54. The lowest BCUT2D eigenvalue weighted by Gasteiger charge is -2.26. The van der Waals surface area contributed by atoms with Crippen molar-refractivity contribution in [2.75, 3.05) is 14.2 Å². The molecule has 2 aromatic carbocycles. The van der Waals surface area contributed by atoms with Crippen molar-refractivity contribution in [3.05, 3.63) is 64.7 Å². The molecule has 138 valence electrons. The van der Waals surface area contributed by atoms with Crippen molar-refractivity contribution >= 4 is 11.9 Å². The van der Waals surface area contributed by atoms with Gasteiger partial charge in [-0.05, 0) is 47.9 Å². The molecular formula is C19H21F2N3O2. The Morgan fingerprint density at radius 1 is 1.12 bits per heavy atom. The molecule has 0 aliphatic carbocycles. The predicted octanol–water partition coefficient (Wildman–Crippen LogP) is 2.95. The fourth-order valence-electron chi connectivity index (χ4n) is 3.05. The number of methoxy groups -OCH3 is 1. The molecule has 0 spiro atoms. The molecule has 3 rings (SSSR count). The molecule has 5 nitrogen and oxygen atoms in total. The standard InChI is InChI=1S/C18H17F2N3O2.CH4/c1-10-6-11(4-5-15(10)25-3)18(16(24)23(2)17(21)22-18)12-7-13(19)9-14(20)8-12;/h4-9H,1-3H3,(H2,21,22);1H4. The molecule has 1 aliphatic rings. The van der Waals surface area contributed by atoms with E-state index in [-0.39, 0.29) is 18.9 Å². The highest BCUT2D eigenvalue weighted by molar-refractivity contribution is 6.08. The number of nitrogens with zero attached hydrogens (tertiary/aromatic N) is 2. The van der Waals surface area contributed by atoms with Crippen molar-refractivity contribution in [2.24, 2.45) is 10.7 Å². The van der Waals surface area contributed by atoms with Crippen molar-refractivity contribution in [1.82, 2.24) is 4.90 Å². The monoisotopic (exact) mass is 361 g/mol. The van der Waals surface area contributed by atoms with Crippen molar-refractivity contribution in [2.45, 2.75) is 19.9 Å². The van der Waals surface area contributed by atoms with Crippen molar-refractivity contribution in [1.29, 1.82) is 0 Å². The molecule has 2 aromatic rings. The van der Waals surface area contributed by atoms with E-state index < -0.39 is 23.1 Å². The Labute approximate surface area is 151 Å². The summed E-state index contributed by atoms with van der Waals surface area (Å²) in [6, 6.07) is 7.96. The van der Waals surface area contributed by atoms with E-state index in [2.05, 4.69) is 4.99 Å². The molecule has 7 heteroatoms. The fraction of sp³-hybridized carbons (Fsp3) is 0.263. The van der Waals surface area contributed by atoms with Gasteiger partial charge < -0.3 is 10.5 Å². The van der Waals surface area contributed by atoms with Crippen LogP contribution in [-0.2, 0) is 10.3 Å². The number of guanidine groups is 1. The number of ether oxygens (including phenoxy) is 1. The summed E-state index contributed by atoms with van der Waals surface area (Å²) in [5.41, 5.74) is 5.48. The lowest BCUT2D eigenvalue weighted by molar-refractivity contribution is -0.129. The highest BCUT2D eigenvalue weighted by Crippen LogP contribution is 2.41. The van der Waals surface area contributed by atoms with E-state index in [1.165, 1.54) is 19.1 Å². The summed E-state index contributed by atoms with van der Waals surface area (Å²) in [7, 11) is 3.00. The van der Waals surface area contributed by atoms with Crippen molar-refractivity contribution < 1.29 is 18.3 Å². The van der Waals surface area contributed by atoms with Gasteiger partial charge in [-0.15, -0.1) is 0 Å². The Balaban J connectivity index is 0.00000243. The number of aliphatic imine (C=N–C) groups is 1. The van der Waals surface area contributed by atoms with Crippen LogP contribution in [-0.4, -0.2) is 30.9 Å². The molecule has 26 heavy (non-hydrogen) atoms. The molecule has 1 unspecified atom stereocenters. The summed E-state index contributed by atoms with van der Waals surface area (Å²) in [6.07, 6.45) is 0. The number of aryl methyl sites for hydroxylation is 1. The van der Waals surface area contributed by atoms with Gasteiger partial charge in [0.1, 0.15) is 17.4 Å². The number of likely N-dealkylation sites (N-methyl/N-ethyl adjacent to an activating group) is 1. The average molecular weight is 361 g/mol. The molecule has 0 saturated heterocycles. The first kappa shape index (κ1) is 19.4. The Hall–Kier alpha value is -2.96. The van der Waals surface area contributed by atoms with Gasteiger partial charge in [0, 0.05) is 13.1 Å². The number of benzene rings is 2. The second-order valence-corrected chi connectivity index (χ2v) is 5.89. The van der Waals surface area contributed by atoms with Gasteiger partial charge in [0.25, 0.3) is 5.91 Å². The third-order valence-corrected chi connectivity index (χ3v) is 4.33. The Bertz CT molecular complexity index is 878. The van der Waals surface area contributed by atoms with Crippen LogP contribution in [0.4, 0.5) is 8.78 Å². The number of halogens is 2. The minimum absolute atomic E-state index is 0. The number of hydrogen-bond acceptors (Lipinski definition) is 4. The van der Waals surface area contributed by atoms with Crippen LogP contribution in [0.25, 0.3) is 0 Å². The average Bonchev–Trinajstić information content (AvgIpc) is 2.79. The molecule has 1 aliphatic heterocycles. The van der Waals surface area contributed by atoms with Crippen LogP contribution in [0.1, 0.15) is 24.1 Å². The summed E-state index contributed by atoms with van der Waals surface area (Å²) in [5, 5.41) is 0. The van der Waals surface area contributed by atoms with E-state index in [0.717, 1.165) is 23.8 Å². The zero-order valence-corrected chi connectivity index (χ0v) is 14.0. The second-order valence-electron chi connectivity index (χ2n) is 5.89. The van der Waals surface area contributed by atoms with Gasteiger partial charge >= 0.3 is 0 Å². The highest BCUT2D eigenvalue weighted by Gasteiger charge is 2.50. The van der Waals surface area contributed by atoms with Gasteiger partial charge in [0.2, 0.25) is 0 Å². The van der Waals surface area contributed by atoms with Gasteiger partial charge in [0.05, 0.1) is 7.11 Å². The van der Waals surface area contributed by atoms with Gasteiger partial charge in [-0.2, -0.15) is 0 Å². The van der Waals surface area contributed by atoms with Crippen LogP contribution in [0.5, 0.6) is 5.75 Å². The zero-order valence-electron chi connectivity index (χ0n) is 14.0. The van der Waals surface area contributed by atoms with Crippen molar-refractivity contribution in [3.63, 3.8) is 0 Å². The lowest BCUT2D eigenvalue weighted by atomic mass is 9.82. The Kier molecular flexibility index (Phi) is 5.02. The van der Waals surface area contributed by atoms with Crippen LogP contribution in [0.15, 0.2) is 41.4 Å². The summed E-state index contributed by atoms with van der Waals surface area (Å²) >= 11 is 0. The number of amides is 1. The Morgan fingerprint density at radius 2 is 1.73 bits per heavy atom. The van der Waals surface area contributed by atoms with Crippen LogP contribution in [0.2, 0.25) is 0 Å². The first-order valence-corrected chi connectivity index (χ1v) is 7.54. The maximum absolute atomic E-state index is 13.8. The van der Waals surface area contributed by atoms with Crippen LogP contribution < -0.4 is 10.5 Å². The normalized spacial score (nSPS) is 19.2. The zero-order chi connectivity index (χ0) is 18.4. The van der Waals surface area contributed by atoms with Gasteiger partial charge in [-0.25, -0.2) is 13.8 Å². The van der Waals surface area contributed by atoms with E-state index in [9.17, 15) is 13.6 Å². The number of nitrogens with two attached hydrogens (primary N) is 1. The Morgan fingerprint density at radius 3 is 2.19 bits per heavy atom. The summed E-state index contributed by atoms with van der Waals surface area (Å²) in [4.78, 5) is 18.4. The number of hydrogen-bond donors (Lipinski definition) is 1. The minimum atomic E-state index is -1.64. The smallest absolute Gasteiger partial charge is 0.266 e.